The Balaban J connectivity index is 1.88. The molecule has 0 spiro atoms. The molecule has 0 bridgehead atoms. The van der Waals surface area contributed by atoms with E-state index in [9.17, 15) is 4.79 Å². The van der Waals surface area contributed by atoms with Crippen LogP contribution in [-0.4, -0.2) is 36.6 Å². The van der Waals surface area contributed by atoms with Crippen molar-refractivity contribution in [3.63, 3.8) is 0 Å². The normalized spacial score (nSPS) is 19.6. The number of amides is 2. The molecule has 0 aromatic heterocycles. The maximum absolute atomic E-state index is 12.1. The zero-order valence-corrected chi connectivity index (χ0v) is 10.9. The van der Waals surface area contributed by atoms with Crippen molar-refractivity contribution in [1.29, 1.82) is 0 Å². The molecule has 1 aliphatic heterocycles. The molecule has 1 aliphatic rings. The molecule has 4 nitrogen and oxygen atoms in total. The summed E-state index contributed by atoms with van der Waals surface area (Å²) < 4.78 is 0. The number of nitrogens with one attached hydrogen (secondary N) is 2. The molecule has 2 amide bonds. The van der Waals surface area contributed by atoms with Gasteiger partial charge in [0.1, 0.15) is 0 Å². The van der Waals surface area contributed by atoms with Crippen molar-refractivity contribution in [3.05, 3.63) is 30.3 Å². The Kier molecular flexibility index (Phi) is 4.59. The minimum absolute atomic E-state index is 0.00352. The highest BCUT2D eigenvalue weighted by Gasteiger charge is 2.22. The van der Waals surface area contributed by atoms with Gasteiger partial charge in [0.25, 0.3) is 0 Å². The Labute approximate surface area is 108 Å². The molecule has 1 aromatic rings. The summed E-state index contributed by atoms with van der Waals surface area (Å²) in [5.74, 6) is 0. The number of piperidine rings is 1. The highest BCUT2D eigenvalue weighted by molar-refractivity contribution is 5.89. The number of rotatable bonds is 3. The summed E-state index contributed by atoms with van der Waals surface area (Å²) >= 11 is 0. The van der Waals surface area contributed by atoms with Gasteiger partial charge in [0.05, 0.1) is 0 Å². The Morgan fingerprint density at radius 2 is 2.17 bits per heavy atom. The van der Waals surface area contributed by atoms with E-state index < -0.39 is 0 Å². The van der Waals surface area contributed by atoms with Crippen LogP contribution in [-0.2, 0) is 0 Å². The number of likely N-dealkylation sites (tertiary alicyclic amines) is 1. The van der Waals surface area contributed by atoms with Crippen LogP contribution in [0.2, 0.25) is 0 Å². The fourth-order valence-electron chi connectivity index (χ4n) is 2.34. The lowest BCUT2D eigenvalue weighted by Crippen LogP contribution is -2.49. The Bertz CT molecular complexity index is 378. The molecule has 0 radical (unpaired) electrons. The van der Waals surface area contributed by atoms with E-state index >= 15 is 0 Å². The summed E-state index contributed by atoms with van der Waals surface area (Å²) in [6.45, 7) is 4.70. The minimum atomic E-state index is 0.00352. The Morgan fingerprint density at radius 1 is 1.39 bits per heavy atom. The van der Waals surface area contributed by atoms with Crippen LogP contribution < -0.4 is 10.6 Å². The van der Waals surface area contributed by atoms with Crippen LogP contribution in [0.3, 0.4) is 0 Å². The minimum Gasteiger partial charge on any atom is -0.323 e. The number of carbonyl (C=O) groups is 1. The molecule has 1 saturated heterocycles. The van der Waals surface area contributed by atoms with Crippen molar-refractivity contribution in [3.8, 4) is 0 Å². The quantitative estimate of drug-likeness (QED) is 0.860. The highest BCUT2D eigenvalue weighted by atomic mass is 16.2. The van der Waals surface area contributed by atoms with E-state index in [4.69, 9.17) is 0 Å². The molecule has 1 fully saturated rings. The van der Waals surface area contributed by atoms with Gasteiger partial charge in [-0.25, -0.2) is 4.79 Å². The summed E-state index contributed by atoms with van der Waals surface area (Å²) in [6.07, 6.45) is 2.23. The van der Waals surface area contributed by atoms with Crippen molar-refractivity contribution in [2.45, 2.75) is 25.8 Å². The van der Waals surface area contributed by atoms with Gasteiger partial charge in [0.15, 0.2) is 0 Å². The third-order valence-corrected chi connectivity index (χ3v) is 3.23. The van der Waals surface area contributed by atoms with E-state index in [-0.39, 0.29) is 6.03 Å². The zero-order chi connectivity index (χ0) is 12.8. The van der Waals surface area contributed by atoms with Crippen LogP contribution in [0.25, 0.3) is 0 Å². The van der Waals surface area contributed by atoms with Gasteiger partial charge in [-0.05, 0) is 31.5 Å². The van der Waals surface area contributed by atoms with Crippen LogP contribution in [0.5, 0.6) is 0 Å². The first kappa shape index (κ1) is 12.9. The molecule has 1 aromatic carbocycles. The van der Waals surface area contributed by atoms with Crippen molar-refractivity contribution in [1.82, 2.24) is 10.2 Å². The molecule has 18 heavy (non-hydrogen) atoms. The zero-order valence-electron chi connectivity index (χ0n) is 10.9. The van der Waals surface area contributed by atoms with E-state index in [1.165, 1.54) is 0 Å². The van der Waals surface area contributed by atoms with Gasteiger partial charge in [0.2, 0.25) is 0 Å². The van der Waals surface area contributed by atoms with Gasteiger partial charge in [-0.1, -0.05) is 25.1 Å². The smallest absolute Gasteiger partial charge is 0.321 e. The standard InChI is InChI=1S/C14H21N3O/c1-2-15-13-9-6-10-17(11-13)14(18)16-12-7-4-3-5-8-12/h3-5,7-8,13,15H,2,6,9-11H2,1H3,(H,16,18). The van der Waals surface area contributed by atoms with E-state index in [1.807, 2.05) is 35.2 Å². The SMILES string of the molecule is CCNC1CCCN(C(=O)Nc2ccccc2)C1. The fraction of sp³-hybridized carbons (Fsp3) is 0.500. The van der Waals surface area contributed by atoms with Gasteiger partial charge >= 0.3 is 6.03 Å². The maximum Gasteiger partial charge on any atom is 0.321 e. The summed E-state index contributed by atoms with van der Waals surface area (Å²) in [4.78, 5) is 14.0. The number of anilines is 1. The summed E-state index contributed by atoms with van der Waals surface area (Å²) in [5, 5.41) is 6.35. The molecular formula is C14H21N3O. The number of hydrogen-bond donors (Lipinski definition) is 2. The molecule has 1 unspecified atom stereocenters. The third-order valence-electron chi connectivity index (χ3n) is 3.23. The average molecular weight is 247 g/mol. The second-order valence-electron chi connectivity index (χ2n) is 4.64. The van der Waals surface area contributed by atoms with Crippen LogP contribution in [0, 0.1) is 0 Å². The molecule has 1 atom stereocenters. The first-order valence-electron chi connectivity index (χ1n) is 6.64. The summed E-state index contributed by atoms with van der Waals surface area (Å²) in [6, 6.07) is 10.0. The van der Waals surface area contributed by atoms with Gasteiger partial charge in [-0.3, -0.25) is 0 Å². The topological polar surface area (TPSA) is 44.4 Å². The van der Waals surface area contributed by atoms with E-state index in [0.29, 0.717) is 6.04 Å². The molecule has 98 valence electrons. The molecule has 0 aliphatic carbocycles. The number of hydrogen-bond acceptors (Lipinski definition) is 2. The number of carbonyl (C=O) groups excluding carboxylic acids is 1. The number of benzene rings is 1. The lowest BCUT2D eigenvalue weighted by Gasteiger charge is -2.33. The van der Waals surface area contributed by atoms with Crippen molar-refractivity contribution < 1.29 is 4.79 Å². The van der Waals surface area contributed by atoms with Crippen molar-refractivity contribution in [2.75, 3.05) is 25.0 Å². The van der Waals surface area contributed by atoms with Crippen molar-refractivity contribution in [2.24, 2.45) is 0 Å². The average Bonchev–Trinajstić information content (AvgIpc) is 2.40. The Morgan fingerprint density at radius 3 is 2.89 bits per heavy atom. The van der Waals surface area contributed by atoms with Crippen molar-refractivity contribution >= 4 is 11.7 Å². The van der Waals surface area contributed by atoms with Gasteiger partial charge in [-0.2, -0.15) is 0 Å². The summed E-state index contributed by atoms with van der Waals surface area (Å²) in [7, 11) is 0. The van der Waals surface area contributed by atoms with Gasteiger partial charge in [0, 0.05) is 24.8 Å². The monoisotopic (exact) mass is 247 g/mol. The van der Waals surface area contributed by atoms with Crippen LogP contribution >= 0.6 is 0 Å². The first-order valence-corrected chi connectivity index (χ1v) is 6.64. The molecule has 1 heterocycles. The van der Waals surface area contributed by atoms with E-state index in [1.54, 1.807) is 0 Å². The predicted octanol–water partition coefficient (Wildman–Crippen LogP) is 2.29. The highest BCUT2D eigenvalue weighted by Crippen LogP contribution is 2.12. The fourth-order valence-corrected chi connectivity index (χ4v) is 2.34. The third kappa shape index (κ3) is 3.47. The largest absolute Gasteiger partial charge is 0.323 e. The maximum atomic E-state index is 12.1. The summed E-state index contributed by atoms with van der Waals surface area (Å²) in [5.41, 5.74) is 0.855. The number of nitrogens with zero attached hydrogens (tertiary/aromatic N) is 1. The second-order valence-corrected chi connectivity index (χ2v) is 4.64. The predicted molar refractivity (Wildman–Crippen MR) is 73.7 cm³/mol. The second kappa shape index (κ2) is 6.40. The van der Waals surface area contributed by atoms with E-state index in [2.05, 4.69) is 17.6 Å². The molecule has 4 heteroatoms. The van der Waals surface area contributed by atoms with E-state index in [0.717, 1.165) is 38.2 Å². The van der Waals surface area contributed by atoms with Crippen LogP contribution in [0.1, 0.15) is 19.8 Å². The number of urea groups is 1. The molecule has 2 N–H and O–H groups in total. The Hall–Kier alpha value is -1.55. The number of likely N-dealkylation sites (N-methyl/N-ethyl adjacent to an activating group) is 1. The lowest BCUT2D eigenvalue weighted by molar-refractivity contribution is 0.186. The van der Waals surface area contributed by atoms with Gasteiger partial charge < -0.3 is 15.5 Å². The molecular weight excluding hydrogens is 226 g/mol. The number of para-hydroxylation sites is 1. The molecule has 2 rings (SSSR count). The van der Waals surface area contributed by atoms with Crippen LogP contribution in [0.15, 0.2) is 30.3 Å². The van der Waals surface area contributed by atoms with Gasteiger partial charge in [-0.15, -0.1) is 0 Å². The molecule has 0 saturated carbocycles. The first-order chi connectivity index (χ1) is 8.79. The van der Waals surface area contributed by atoms with Crippen LogP contribution in [0.4, 0.5) is 10.5 Å². The lowest BCUT2D eigenvalue weighted by atomic mass is 10.1.